The number of nitrogens with one attached hydrogen (secondary N) is 1. The molecule has 0 saturated carbocycles. The van der Waals surface area contributed by atoms with Crippen LogP contribution in [-0.4, -0.2) is 37.2 Å². The molecule has 6 heteroatoms. The minimum Gasteiger partial charge on any atom is -0.381 e. The number of carbonyl (C=O) groups is 1. The van der Waals surface area contributed by atoms with Crippen LogP contribution in [0.3, 0.4) is 0 Å². The number of hydrogen-bond acceptors (Lipinski definition) is 4. The zero-order valence-electron chi connectivity index (χ0n) is 14.7. The van der Waals surface area contributed by atoms with Crippen LogP contribution in [0.25, 0.3) is 16.1 Å². The van der Waals surface area contributed by atoms with E-state index in [-0.39, 0.29) is 11.3 Å². The third-order valence-electron chi connectivity index (χ3n) is 4.78. The van der Waals surface area contributed by atoms with Crippen molar-refractivity contribution in [1.82, 2.24) is 10.3 Å². The molecule has 1 aliphatic rings. The number of hydrogen-bond donors (Lipinski definition) is 1. The minimum absolute atomic E-state index is 0.0133. The smallest absolute Gasteiger partial charge is 0.220 e. The van der Waals surface area contributed by atoms with E-state index in [0.29, 0.717) is 39.1 Å². The number of aromatic nitrogens is 1. The quantitative estimate of drug-likeness (QED) is 0.598. The molecule has 5 nitrogen and oxygen atoms in total. The highest BCUT2D eigenvalue weighted by Gasteiger charge is 2.37. The summed E-state index contributed by atoms with van der Waals surface area (Å²) >= 11 is 1.67. The SMILES string of the molecule is [C-]#[N+]CCCC(=O)NCC1(c2nc(-c3ccccc3)cs2)CCOCC1. The van der Waals surface area contributed by atoms with Crippen LogP contribution in [0.1, 0.15) is 30.7 Å². The van der Waals surface area contributed by atoms with E-state index in [4.69, 9.17) is 16.3 Å². The number of rotatable bonds is 7. The first-order valence-electron chi connectivity index (χ1n) is 8.93. The molecule has 1 N–H and O–H groups in total. The molecule has 1 saturated heterocycles. The molecule has 0 atom stereocenters. The van der Waals surface area contributed by atoms with Crippen LogP contribution in [-0.2, 0) is 14.9 Å². The first-order chi connectivity index (χ1) is 12.7. The Morgan fingerprint density at radius 3 is 2.81 bits per heavy atom. The van der Waals surface area contributed by atoms with Gasteiger partial charge in [-0.25, -0.2) is 11.6 Å². The first kappa shape index (κ1) is 18.6. The van der Waals surface area contributed by atoms with Gasteiger partial charge in [-0.2, -0.15) is 0 Å². The van der Waals surface area contributed by atoms with Gasteiger partial charge < -0.3 is 14.9 Å². The van der Waals surface area contributed by atoms with Crippen molar-refractivity contribution in [3.8, 4) is 11.3 Å². The zero-order chi connectivity index (χ0) is 18.2. The summed E-state index contributed by atoms with van der Waals surface area (Å²) < 4.78 is 5.55. The second-order valence-electron chi connectivity index (χ2n) is 6.56. The molecule has 0 spiro atoms. The standard InChI is InChI=1S/C20H23N3O2S/c1-21-11-5-8-18(24)22-15-20(9-12-25-13-10-20)19-23-17(14-26-19)16-6-3-2-4-7-16/h2-4,6-7,14H,5,8-13,15H2,(H,22,24). The Hall–Kier alpha value is -2.23. The fourth-order valence-corrected chi connectivity index (χ4v) is 4.25. The van der Waals surface area contributed by atoms with Gasteiger partial charge in [0.05, 0.1) is 5.69 Å². The van der Waals surface area contributed by atoms with Crippen molar-refractivity contribution in [3.63, 3.8) is 0 Å². The van der Waals surface area contributed by atoms with Crippen LogP contribution in [0.4, 0.5) is 0 Å². The fourth-order valence-electron chi connectivity index (χ4n) is 3.16. The van der Waals surface area contributed by atoms with Crippen LogP contribution in [0, 0.1) is 6.57 Å². The van der Waals surface area contributed by atoms with Crippen LogP contribution >= 0.6 is 11.3 Å². The van der Waals surface area contributed by atoms with Gasteiger partial charge in [0.1, 0.15) is 5.01 Å². The summed E-state index contributed by atoms with van der Waals surface area (Å²) in [6, 6.07) is 10.2. The number of thiazole rings is 1. The maximum Gasteiger partial charge on any atom is 0.220 e. The van der Waals surface area contributed by atoms with Crippen molar-refractivity contribution in [2.75, 3.05) is 26.3 Å². The van der Waals surface area contributed by atoms with Crippen molar-refractivity contribution in [1.29, 1.82) is 0 Å². The fraction of sp³-hybridized carbons (Fsp3) is 0.450. The van der Waals surface area contributed by atoms with Crippen LogP contribution < -0.4 is 5.32 Å². The molecule has 1 aromatic heterocycles. The highest BCUT2D eigenvalue weighted by atomic mass is 32.1. The number of ether oxygens (including phenoxy) is 1. The van der Waals surface area contributed by atoms with E-state index in [9.17, 15) is 4.79 Å². The highest BCUT2D eigenvalue weighted by molar-refractivity contribution is 7.10. The Morgan fingerprint density at radius 1 is 1.31 bits per heavy atom. The normalized spacial score (nSPS) is 16.0. The third kappa shape index (κ3) is 4.48. The average Bonchev–Trinajstić information content (AvgIpc) is 3.19. The van der Waals surface area contributed by atoms with Gasteiger partial charge in [0, 0.05) is 49.0 Å². The molecule has 136 valence electrons. The summed E-state index contributed by atoms with van der Waals surface area (Å²) in [6.45, 7) is 9.16. The second-order valence-corrected chi connectivity index (χ2v) is 7.42. The van der Waals surface area contributed by atoms with Crippen molar-refractivity contribution in [3.05, 3.63) is 52.1 Å². The maximum atomic E-state index is 12.1. The van der Waals surface area contributed by atoms with E-state index in [1.165, 1.54) is 0 Å². The van der Waals surface area contributed by atoms with Gasteiger partial charge in [-0.3, -0.25) is 4.79 Å². The Labute approximate surface area is 158 Å². The second kappa shape index (κ2) is 8.93. The first-order valence-corrected chi connectivity index (χ1v) is 9.81. The molecule has 2 heterocycles. The number of carbonyl (C=O) groups excluding carboxylic acids is 1. The molecule has 0 unspecified atom stereocenters. The predicted octanol–water partition coefficient (Wildman–Crippen LogP) is 3.67. The predicted molar refractivity (Wildman–Crippen MR) is 103 cm³/mol. The Kier molecular flexibility index (Phi) is 6.37. The van der Waals surface area contributed by atoms with Crippen LogP contribution in [0.2, 0.25) is 0 Å². The minimum atomic E-state index is -0.161. The summed E-state index contributed by atoms with van der Waals surface area (Å²) in [7, 11) is 0. The van der Waals surface area contributed by atoms with Gasteiger partial charge >= 0.3 is 0 Å². The van der Waals surface area contributed by atoms with E-state index in [1.807, 2.05) is 18.2 Å². The molecule has 0 aliphatic carbocycles. The summed E-state index contributed by atoms with van der Waals surface area (Å²) in [5, 5.41) is 6.24. The van der Waals surface area contributed by atoms with E-state index in [1.54, 1.807) is 11.3 Å². The van der Waals surface area contributed by atoms with Gasteiger partial charge in [-0.1, -0.05) is 30.3 Å². The molecule has 1 aliphatic heterocycles. The molecule has 26 heavy (non-hydrogen) atoms. The summed E-state index contributed by atoms with van der Waals surface area (Å²) in [5.74, 6) is 0.0133. The molecular weight excluding hydrogens is 346 g/mol. The van der Waals surface area contributed by atoms with Gasteiger partial charge in [-0.05, 0) is 12.8 Å². The van der Waals surface area contributed by atoms with Crippen molar-refractivity contribution < 1.29 is 9.53 Å². The van der Waals surface area contributed by atoms with E-state index < -0.39 is 0 Å². The lowest BCUT2D eigenvalue weighted by Gasteiger charge is -2.35. The van der Waals surface area contributed by atoms with Gasteiger partial charge in [0.25, 0.3) is 0 Å². The third-order valence-corrected chi connectivity index (χ3v) is 5.86. The van der Waals surface area contributed by atoms with Gasteiger partial charge in [0.2, 0.25) is 12.5 Å². The Balaban J connectivity index is 1.72. The molecule has 0 radical (unpaired) electrons. The number of nitrogens with zero attached hydrogens (tertiary/aromatic N) is 2. The molecule has 3 rings (SSSR count). The largest absolute Gasteiger partial charge is 0.381 e. The average molecular weight is 369 g/mol. The molecular formula is C20H23N3O2S. The van der Waals surface area contributed by atoms with Crippen molar-refractivity contribution in [2.45, 2.75) is 31.1 Å². The molecule has 2 aromatic rings. The molecule has 1 aromatic carbocycles. The monoisotopic (exact) mass is 369 g/mol. The van der Waals surface area contributed by atoms with Crippen LogP contribution in [0.15, 0.2) is 35.7 Å². The van der Waals surface area contributed by atoms with Gasteiger partial charge in [-0.15, -0.1) is 11.3 Å². The zero-order valence-corrected chi connectivity index (χ0v) is 15.6. The maximum absolute atomic E-state index is 12.1. The lowest BCUT2D eigenvalue weighted by molar-refractivity contribution is -0.121. The summed E-state index contributed by atoms with van der Waals surface area (Å²) in [4.78, 5) is 20.3. The lowest BCUT2D eigenvalue weighted by Crippen LogP contribution is -2.44. The Bertz CT molecular complexity index is 761. The lowest BCUT2D eigenvalue weighted by atomic mass is 9.80. The van der Waals surface area contributed by atoms with E-state index >= 15 is 0 Å². The topological polar surface area (TPSA) is 55.6 Å². The van der Waals surface area contributed by atoms with Crippen molar-refractivity contribution in [2.24, 2.45) is 0 Å². The number of benzene rings is 1. The highest BCUT2D eigenvalue weighted by Crippen LogP contribution is 2.37. The van der Waals surface area contributed by atoms with Crippen molar-refractivity contribution >= 4 is 17.2 Å². The molecule has 1 amide bonds. The molecule has 0 bridgehead atoms. The number of amides is 1. The summed E-state index contributed by atoms with van der Waals surface area (Å²) in [6.07, 6.45) is 2.73. The van der Waals surface area contributed by atoms with Crippen LogP contribution in [0.5, 0.6) is 0 Å². The van der Waals surface area contributed by atoms with E-state index in [2.05, 4.69) is 27.7 Å². The Morgan fingerprint density at radius 2 is 2.08 bits per heavy atom. The van der Waals surface area contributed by atoms with E-state index in [0.717, 1.165) is 29.1 Å². The van der Waals surface area contributed by atoms with Gasteiger partial charge in [0.15, 0.2) is 0 Å². The summed E-state index contributed by atoms with van der Waals surface area (Å²) in [5.41, 5.74) is 1.94. The molecule has 1 fully saturated rings.